The van der Waals surface area contributed by atoms with Gasteiger partial charge in [0.25, 0.3) is 11.8 Å². The molecule has 3 rings (SSSR count). The van der Waals surface area contributed by atoms with Crippen molar-refractivity contribution in [1.82, 2.24) is 9.80 Å². The minimum atomic E-state index is -0.870. The van der Waals surface area contributed by atoms with Crippen LogP contribution in [-0.2, 0) is 6.42 Å². The van der Waals surface area contributed by atoms with E-state index >= 15 is 0 Å². The summed E-state index contributed by atoms with van der Waals surface area (Å²) in [7, 11) is 0. The average molecular weight is 386 g/mol. The van der Waals surface area contributed by atoms with E-state index < -0.39 is 17.5 Å². The van der Waals surface area contributed by atoms with Gasteiger partial charge in [-0.05, 0) is 42.2 Å². The summed E-state index contributed by atoms with van der Waals surface area (Å²) in [6.45, 7) is 5.68. The topological polar surface area (TPSA) is 40.6 Å². The molecule has 0 aliphatic carbocycles. The molecule has 0 aromatic heterocycles. The summed E-state index contributed by atoms with van der Waals surface area (Å²) in [6, 6.07) is 10.6. The average Bonchev–Trinajstić information content (AvgIpc) is 2.67. The van der Waals surface area contributed by atoms with Crippen LogP contribution in [0, 0.1) is 17.6 Å². The van der Waals surface area contributed by atoms with Gasteiger partial charge in [-0.3, -0.25) is 9.59 Å². The fraction of sp³-hybridized carbons (Fsp3) is 0.364. The first-order valence-corrected chi connectivity index (χ1v) is 9.47. The molecule has 2 aromatic rings. The number of rotatable bonds is 4. The Labute approximate surface area is 163 Å². The Kier molecular flexibility index (Phi) is 6.07. The van der Waals surface area contributed by atoms with E-state index in [1.54, 1.807) is 4.90 Å². The summed E-state index contributed by atoms with van der Waals surface area (Å²) in [5.41, 5.74) is 1.67. The van der Waals surface area contributed by atoms with Crippen LogP contribution in [0.4, 0.5) is 8.78 Å². The van der Waals surface area contributed by atoms with Gasteiger partial charge in [0.15, 0.2) is 0 Å². The number of benzene rings is 2. The van der Waals surface area contributed by atoms with Crippen molar-refractivity contribution in [2.75, 3.05) is 26.2 Å². The molecule has 2 amide bonds. The Morgan fingerprint density at radius 1 is 0.893 bits per heavy atom. The fourth-order valence-corrected chi connectivity index (χ4v) is 3.38. The molecule has 1 fully saturated rings. The van der Waals surface area contributed by atoms with Gasteiger partial charge in [0.2, 0.25) is 0 Å². The SMILES string of the molecule is CC(C)Cc1ccc(C(=O)N2CCN(C(=O)c3ccc(F)cc3F)CC2)cc1. The summed E-state index contributed by atoms with van der Waals surface area (Å²) < 4.78 is 26.9. The zero-order valence-corrected chi connectivity index (χ0v) is 16.1. The molecule has 1 aliphatic heterocycles. The summed E-state index contributed by atoms with van der Waals surface area (Å²) in [5, 5.41) is 0. The second kappa shape index (κ2) is 8.50. The summed E-state index contributed by atoms with van der Waals surface area (Å²) in [5.74, 6) is -1.59. The van der Waals surface area contributed by atoms with Gasteiger partial charge in [-0.2, -0.15) is 0 Å². The Balaban J connectivity index is 1.60. The molecule has 1 saturated heterocycles. The second-order valence-electron chi connectivity index (χ2n) is 7.50. The lowest BCUT2D eigenvalue weighted by molar-refractivity contribution is 0.0532. The van der Waals surface area contributed by atoms with Crippen LogP contribution in [0.25, 0.3) is 0 Å². The highest BCUT2D eigenvalue weighted by atomic mass is 19.1. The van der Waals surface area contributed by atoms with Crippen LogP contribution in [0.1, 0.15) is 40.1 Å². The molecule has 148 valence electrons. The maximum atomic E-state index is 13.8. The van der Waals surface area contributed by atoms with E-state index in [2.05, 4.69) is 13.8 Å². The van der Waals surface area contributed by atoms with Gasteiger partial charge >= 0.3 is 0 Å². The number of piperazine rings is 1. The zero-order chi connectivity index (χ0) is 20.3. The first kappa shape index (κ1) is 20.0. The van der Waals surface area contributed by atoms with Crippen molar-refractivity contribution in [3.8, 4) is 0 Å². The van der Waals surface area contributed by atoms with Crippen molar-refractivity contribution in [1.29, 1.82) is 0 Å². The van der Waals surface area contributed by atoms with Crippen LogP contribution >= 0.6 is 0 Å². The molecule has 0 atom stereocenters. The molecule has 1 heterocycles. The molecular formula is C22H24F2N2O2. The minimum Gasteiger partial charge on any atom is -0.335 e. The number of hydrogen-bond donors (Lipinski definition) is 0. The van der Waals surface area contributed by atoms with E-state index in [0.29, 0.717) is 43.7 Å². The monoisotopic (exact) mass is 386 g/mol. The van der Waals surface area contributed by atoms with Gasteiger partial charge < -0.3 is 9.80 Å². The van der Waals surface area contributed by atoms with Crippen LogP contribution < -0.4 is 0 Å². The lowest BCUT2D eigenvalue weighted by Crippen LogP contribution is -2.50. The first-order chi connectivity index (χ1) is 13.3. The van der Waals surface area contributed by atoms with Crippen LogP contribution in [0.3, 0.4) is 0 Å². The van der Waals surface area contributed by atoms with E-state index in [0.717, 1.165) is 18.6 Å². The van der Waals surface area contributed by atoms with Gasteiger partial charge in [-0.1, -0.05) is 26.0 Å². The normalized spacial score (nSPS) is 14.5. The third-order valence-electron chi connectivity index (χ3n) is 4.86. The van der Waals surface area contributed by atoms with Gasteiger partial charge in [-0.25, -0.2) is 8.78 Å². The molecule has 0 unspecified atom stereocenters. The third kappa shape index (κ3) is 4.55. The molecule has 0 N–H and O–H groups in total. The van der Waals surface area contributed by atoms with E-state index in [9.17, 15) is 18.4 Å². The maximum absolute atomic E-state index is 13.8. The number of carbonyl (C=O) groups excluding carboxylic acids is 2. The number of halogens is 2. The molecule has 0 saturated carbocycles. The summed E-state index contributed by atoms with van der Waals surface area (Å²) in [4.78, 5) is 28.3. The van der Waals surface area contributed by atoms with Crippen molar-refractivity contribution in [3.05, 3.63) is 70.8 Å². The van der Waals surface area contributed by atoms with Crippen LogP contribution in [0.5, 0.6) is 0 Å². The Bertz CT molecular complexity index is 857. The van der Waals surface area contributed by atoms with Crippen molar-refractivity contribution in [2.24, 2.45) is 5.92 Å². The van der Waals surface area contributed by atoms with Crippen LogP contribution in [0.2, 0.25) is 0 Å². The van der Waals surface area contributed by atoms with E-state index in [-0.39, 0.29) is 11.5 Å². The van der Waals surface area contributed by atoms with Crippen molar-refractivity contribution < 1.29 is 18.4 Å². The number of carbonyl (C=O) groups is 2. The van der Waals surface area contributed by atoms with Gasteiger partial charge in [0, 0.05) is 37.8 Å². The highest BCUT2D eigenvalue weighted by Crippen LogP contribution is 2.16. The fourth-order valence-electron chi connectivity index (χ4n) is 3.38. The van der Waals surface area contributed by atoms with Gasteiger partial charge in [0.1, 0.15) is 11.6 Å². The molecule has 0 radical (unpaired) electrons. The van der Waals surface area contributed by atoms with Crippen molar-refractivity contribution >= 4 is 11.8 Å². The van der Waals surface area contributed by atoms with Crippen molar-refractivity contribution in [3.63, 3.8) is 0 Å². The molecular weight excluding hydrogens is 362 g/mol. The minimum absolute atomic E-state index is 0.0730. The van der Waals surface area contributed by atoms with Crippen LogP contribution in [-0.4, -0.2) is 47.8 Å². The predicted molar refractivity (Wildman–Crippen MR) is 103 cm³/mol. The first-order valence-electron chi connectivity index (χ1n) is 9.47. The molecule has 2 aromatic carbocycles. The van der Waals surface area contributed by atoms with Crippen LogP contribution in [0.15, 0.2) is 42.5 Å². The predicted octanol–water partition coefficient (Wildman–Crippen LogP) is 3.76. The number of hydrogen-bond acceptors (Lipinski definition) is 2. The van der Waals surface area contributed by atoms with Gasteiger partial charge in [-0.15, -0.1) is 0 Å². The maximum Gasteiger partial charge on any atom is 0.256 e. The van der Waals surface area contributed by atoms with E-state index in [4.69, 9.17) is 0 Å². The Hall–Kier alpha value is -2.76. The molecule has 1 aliphatic rings. The molecule has 0 bridgehead atoms. The standard InChI is InChI=1S/C22H24F2N2O2/c1-15(2)13-16-3-5-17(6-4-16)21(27)25-9-11-26(12-10-25)22(28)19-8-7-18(23)14-20(19)24/h3-8,14-15H,9-13H2,1-2H3. The molecule has 6 heteroatoms. The highest BCUT2D eigenvalue weighted by Gasteiger charge is 2.27. The smallest absolute Gasteiger partial charge is 0.256 e. The quantitative estimate of drug-likeness (QED) is 0.803. The highest BCUT2D eigenvalue weighted by molar-refractivity contribution is 5.96. The van der Waals surface area contributed by atoms with E-state index in [1.165, 1.54) is 10.5 Å². The molecule has 28 heavy (non-hydrogen) atoms. The largest absolute Gasteiger partial charge is 0.335 e. The summed E-state index contributed by atoms with van der Waals surface area (Å²) in [6.07, 6.45) is 0.967. The number of amides is 2. The Morgan fingerprint density at radius 2 is 1.46 bits per heavy atom. The van der Waals surface area contributed by atoms with Gasteiger partial charge in [0.05, 0.1) is 5.56 Å². The Morgan fingerprint density at radius 3 is 2.00 bits per heavy atom. The molecule has 0 spiro atoms. The lowest BCUT2D eigenvalue weighted by Gasteiger charge is -2.35. The lowest BCUT2D eigenvalue weighted by atomic mass is 10.0. The number of nitrogens with zero attached hydrogens (tertiary/aromatic N) is 2. The van der Waals surface area contributed by atoms with Crippen molar-refractivity contribution in [2.45, 2.75) is 20.3 Å². The molecule has 4 nitrogen and oxygen atoms in total. The second-order valence-corrected chi connectivity index (χ2v) is 7.50. The van der Waals surface area contributed by atoms with E-state index in [1.807, 2.05) is 24.3 Å². The zero-order valence-electron chi connectivity index (χ0n) is 16.1. The third-order valence-corrected chi connectivity index (χ3v) is 4.86. The summed E-state index contributed by atoms with van der Waals surface area (Å²) >= 11 is 0.